The number of nitrogens with zero attached hydrogens (tertiary/aromatic N) is 1. The van der Waals surface area contributed by atoms with Crippen molar-refractivity contribution in [1.82, 2.24) is 4.90 Å². The Bertz CT molecular complexity index is 436. The van der Waals surface area contributed by atoms with Gasteiger partial charge in [-0.15, -0.1) is 13.2 Å². The molecule has 3 nitrogen and oxygen atoms in total. The lowest BCUT2D eigenvalue weighted by Crippen LogP contribution is -2.29. The number of nitrogen functional groups attached to an aromatic ring is 1. The van der Waals surface area contributed by atoms with E-state index in [9.17, 15) is 4.79 Å². The highest BCUT2D eigenvalue weighted by Crippen LogP contribution is 2.07. The third-order valence-corrected chi connectivity index (χ3v) is 2.37. The Morgan fingerprint density at radius 1 is 1.17 bits per heavy atom. The summed E-state index contributed by atoms with van der Waals surface area (Å²) in [6.07, 6.45) is 6.69. The van der Waals surface area contributed by atoms with Gasteiger partial charge < -0.3 is 10.6 Å². The molecule has 2 N–H and O–H groups in total. The van der Waals surface area contributed by atoms with Crippen molar-refractivity contribution in [2.75, 3.05) is 18.8 Å². The van der Waals surface area contributed by atoms with Crippen molar-refractivity contribution in [2.24, 2.45) is 0 Å². The number of nitrogens with two attached hydrogens (primary N) is 1. The van der Waals surface area contributed by atoms with Gasteiger partial charge in [-0.1, -0.05) is 24.3 Å². The molecule has 0 aliphatic rings. The topological polar surface area (TPSA) is 46.3 Å². The van der Waals surface area contributed by atoms with Gasteiger partial charge in [0.1, 0.15) is 0 Å². The standard InChI is InChI=1S/C15H18N2O/c1-3-11-17(12-4-2)15(18)10-7-13-5-8-14(16)9-6-13/h3-10H,1-2,11-12,16H2/b10-7+. The van der Waals surface area contributed by atoms with Crippen molar-refractivity contribution in [3.05, 3.63) is 61.2 Å². The SMILES string of the molecule is C=CCN(CC=C)C(=O)/C=C/c1ccc(N)cc1. The number of hydrogen-bond acceptors (Lipinski definition) is 2. The van der Waals surface area contributed by atoms with Gasteiger partial charge in [-0.2, -0.15) is 0 Å². The minimum absolute atomic E-state index is 0.0633. The second kappa shape index (κ2) is 7.12. The summed E-state index contributed by atoms with van der Waals surface area (Å²) in [5.74, 6) is -0.0633. The molecule has 0 aliphatic carbocycles. The number of hydrogen-bond donors (Lipinski definition) is 1. The van der Waals surface area contributed by atoms with Gasteiger partial charge >= 0.3 is 0 Å². The molecule has 1 aromatic carbocycles. The molecule has 1 amide bonds. The second-order valence-corrected chi connectivity index (χ2v) is 3.82. The van der Waals surface area contributed by atoms with E-state index in [2.05, 4.69) is 13.2 Å². The fraction of sp³-hybridized carbons (Fsp3) is 0.133. The Balaban J connectivity index is 2.69. The summed E-state index contributed by atoms with van der Waals surface area (Å²) in [7, 11) is 0. The molecule has 0 saturated heterocycles. The molecular formula is C15H18N2O. The number of benzene rings is 1. The van der Waals surface area contributed by atoms with Crippen LogP contribution in [-0.2, 0) is 4.79 Å². The Hall–Kier alpha value is -2.29. The van der Waals surface area contributed by atoms with Crippen LogP contribution < -0.4 is 5.73 Å². The van der Waals surface area contributed by atoms with E-state index in [0.29, 0.717) is 18.8 Å². The van der Waals surface area contributed by atoms with Gasteiger partial charge in [0, 0.05) is 24.9 Å². The van der Waals surface area contributed by atoms with Crippen molar-refractivity contribution in [3.8, 4) is 0 Å². The minimum Gasteiger partial charge on any atom is -0.399 e. The molecule has 0 aromatic heterocycles. The van der Waals surface area contributed by atoms with Gasteiger partial charge in [0.05, 0.1) is 0 Å². The van der Waals surface area contributed by atoms with Crippen molar-refractivity contribution in [2.45, 2.75) is 0 Å². The number of anilines is 1. The zero-order valence-electron chi connectivity index (χ0n) is 10.4. The maximum Gasteiger partial charge on any atom is 0.247 e. The van der Waals surface area contributed by atoms with E-state index < -0.39 is 0 Å². The highest BCUT2D eigenvalue weighted by atomic mass is 16.2. The summed E-state index contributed by atoms with van der Waals surface area (Å²) in [4.78, 5) is 13.5. The molecule has 94 valence electrons. The lowest BCUT2D eigenvalue weighted by Gasteiger charge is -2.16. The molecular weight excluding hydrogens is 224 g/mol. The fourth-order valence-electron chi connectivity index (χ4n) is 1.45. The van der Waals surface area contributed by atoms with Crippen LogP contribution >= 0.6 is 0 Å². The monoisotopic (exact) mass is 242 g/mol. The van der Waals surface area contributed by atoms with Crippen molar-refractivity contribution >= 4 is 17.7 Å². The lowest BCUT2D eigenvalue weighted by atomic mass is 10.2. The van der Waals surface area contributed by atoms with Gasteiger partial charge in [0.25, 0.3) is 0 Å². The van der Waals surface area contributed by atoms with Crippen LogP contribution in [-0.4, -0.2) is 23.9 Å². The van der Waals surface area contributed by atoms with Crippen LogP contribution in [0.3, 0.4) is 0 Å². The van der Waals surface area contributed by atoms with Crippen LogP contribution in [0.1, 0.15) is 5.56 Å². The Morgan fingerprint density at radius 2 is 1.72 bits per heavy atom. The van der Waals surface area contributed by atoms with E-state index in [0.717, 1.165) is 5.56 Å². The van der Waals surface area contributed by atoms with Crippen LogP contribution in [0, 0.1) is 0 Å². The summed E-state index contributed by atoms with van der Waals surface area (Å²) in [5, 5.41) is 0. The average molecular weight is 242 g/mol. The number of carbonyl (C=O) groups excluding carboxylic acids is 1. The van der Waals surface area contributed by atoms with E-state index in [4.69, 9.17) is 5.73 Å². The molecule has 0 spiro atoms. The quantitative estimate of drug-likeness (QED) is 0.473. The van der Waals surface area contributed by atoms with E-state index >= 15 is 0 Å². The first-order valence-electron chi connectivity index (χ1n) is 5.71. The van der Waals surface area contributed by atoms with Crippen LogP contribution in [0.2, 0.25) is 0 Å². The third-order valence-electron chi connectivity index (χ3n) is 2.37. The predicted molar refractivity (Wildman–Crippen MR) is 76.9 cm³/mol. The summed E-state index contributed by atoms with van der Waals surface area (Å²) in [5.41, 5.74) is 7.23. The summed E-state index contributed by atoms with van der Waals surface area (Å²) < 4.78 is 0. The first-order chi connectivity index (χ1) is 8.67. The molecule has 0 radical (unpaired) electrons. The van der Waals surface area contributed by atoms with Crippen LogP contribution in [0.15, 0.2) is 55.7 Å². The fourth-order valence-corrected chi connectivity index (χ4v) is 1.45. The normalized spacial score (nSPS) is 10.2. The van der Waals surface area contributed by atoms with E-state index in [1.54, 1.807) is 41.3 Å². The highest BCUT2D eigenvalue weighted by Gasteiger charge is 2.05. The minimum atomic E-state index is -0.0633. The number of rotatable bonds is 6. The van der Waals surface area contributed by atoms with E-state index in [1.165, 1.54) is 0 Å². The van der Waals surface area contributed by atoms with E-state index in [-0.39, 0.29) is 5.91 Å². The smallest absolute Gasteiger partial charge is 0.247 e. The molecule has 0 unspecified atom stereocenters. The number of carbonyl (C=O) groups is 1. The highest BCUT2D eigenvalue weighted by molar-refractivity contribution is 5.92. The Morgan fingerprint density at radius 3 is 2.22 bits per heavy atom. The Labute approximate surface area is 108 Å². The van der Waals surface area contributed by atoms with Crippen LogP contribution in [0.4, 0.5) is 5.69 Å². The molecule has 1 aromatic rings. The Kier molecular flexibility index (Phi) is 5.45. The summed E-state index contributed by atoms with van der Waals surface area (Å²) in [6.45, 7) is 8.28. The molecule has 0 bridgehead atoms. The van der Waals surface area contributed by atoms with Crippen LogP contribution in [0.25, 0.3) is 6.08 Å². The molecule has 1 rings (SSSR count). The first-order valence-corrected chi connectivity index (χ1v) is 5.71. The number of amides is 1. The first kappa shape index (κ1) is 13.8. The second-order valence-electron chi connectivity index (χ2n) is 3.82. The molecule has 3 heteroatoms. The zero-order valence-corrected chi connectivity index (χ0v) is 10.4. The van der Waals surface area contributed by atoms with Gasteiger partial charge in [0.2, 0.25) is 5.91 Å². The summed E-state index contributed by atoms with van der Waals surface area (Å²) in [6, 6.07) is 7.33. The average Bonchev–Trinajstić information content (AvgIpc) is 2.37. The molecule has 0 atom stereocenters. The maximum absolute atomic E-state index is 11.9. The molecule has 0 aliphatic heterocycles. The lowest BCUT2D eigenvalue weighted by molar-refractivity contribution is -0.124. The molecule has 0 saturated carbocycles. The van der Waals surface area contributed by atoms with Gasteiger partial charge in [-0.3, -0.25) is 4.79 Å². The molecule has 0 fully saturated rings. The summed E-state index contributed by atoms with van der Waals surface area (Å²) >= 11 is 0. The zero-order chi connectivity index (χ0) is 13.4. The predicted octanol–water partition coefficient (Wildman–Crippen LogP) is 2.48. The van der Waals surface area contributed by atoms with Crippen molar-refractivity contribution < 1.29 is 4.79 Å². The van der Waals surface area contributed by atoms with Crippen molar-refractivity contribution in [1.29, 1.82) is 0 Å². The molecule has 18 heavy (non-hydrogen) atoms. The van der Waals surface area contributed by atoms with Gasteiger partial charge in [-0.25, -0.2) is 0 Å². The third kappa shape index (κ3) is 4.29. The maximum atomic E-state index is 11.9. The van der Waals surface area contributed by atoms with Gasteiger partial charge in [0.15, 0.2) is 0 Å². The van der Waals surface area contributed by atoms with E-state index in [1.807, 2.05) is 12.1 Å². The largest absolute Gasteiger partial charge is 0.399 e. The van der Waals surface area contributed by atoms with Crippen LogP contribution in [0.5, 0.6) is 0 Å². The van der Waals surface area contributed by atoms with Gasteiger partial charge in [-0.05, 0) is 23.8 Å². The van der Waals surface area contributed by atoms with Crippen molar-refractivity contribution in [3.63, 3.8) is 0 Å². The molecule has 0 heterocycles.